The van der Waals surface area contributed by atoms with E-state index in [9.17, 15) is 32.7 Å². The Kier molecular flexibility index (Phi) is 6.57. The van der Waals surface area contributed by atoms with Gasteiger partial charge in [-0.2, -0.15) is 13.2 Å². The lowest BCUT2D eigenvalue weighted by Gasteiger charge is -2.36. The van der Waals surface area contributed by atoms with E-state index in [1.807, 2.05) is 48.1 Å². The SMILES string of the molecule is CCn1c(-c2nc3cc(C(=O)N4C[C@H](NC(=O)C(F)(F)F)C[C@H](C(=O)O)C4)ccc3n2C)cc2ccccc21. The summed E-state index contributed by atoms with van der Waals surface area (Å²) in [6, 6.07) is 13.8. The maximum absolute atomic E-state index is 13.4. The summed E-state index contributed by atoms with van der Waals surface area (Å²) in [7, 11) is 1.87. The number of aryl methyl sites for hydroxylation is 2. The Bertz CT molecular complexity index is 1610. The molecule has 204 valence electrons. The number of fused-ring (bicyclic) bond motifs is 2. The van der Waals surface area contributed by atoms with Crippen LogP contribution in [0.4, 0.5) is 13.2 Å². The first-order valence-electron chi connectivity index (χ1n) is 12.4. The molecule has 5 rings (SSSR count). The fraction of sp³-hybridized carbons (Fsp3) is 0.333. The topological polar surface area (TPSA) is 109 Å². The minimum absolute atomic E-state index is 0.186. The van der Waals surface area contributed by atoms with Gasteiger partial charge in [0.1, 0.15) is 0 Å². The van der Waals surface area contributed by atoms with Crippen molar-refractivity contribution in [2.75, 3.05) is 13.1 Å². The number of alkyl halides is 3. The summed E-state index contributed by atoms with van der Waals surface area (Å²) in [4.78, 5) is 42.5. The lowest BCUT2D eigenvalue weighted by atomic mass is 9.93. The van der Waals surface area contributed by atoms with Crippen molar-refractivity contribution in [3.63, 3.8) is 0 Å². The molecular formula is C27H26F3N5O4. The van der Waals surface area contributed by atoms with Crippen molar-refractivity contribution in [3.05, 3.63) is 54.1 Å². The Morgan fingerprint density at radius 1 is 1.08 bits per heavy atom. The fourth-order valence-corrected chi connectivity index (χ4v) is 5.30. The molecule has 4 aromatic rings. The van der Waals surface area contributed by atoms with Crippen LogP contribution in [0.25, 0.3) is 33.5 Å². The number of benzene rings is 2. The van der Waals surface area contributed by atoms with E-state index in [1.165, 1.54) is 4.90 Å². The predicted octanol–water partition coefficient (Wildman–Crippen LogP) is 3.81. The number of rotatable bonds is 5. The number of carboxylic acids is 1. The first-order valence-corrected chi connectivity index (χ1v) is 12.4. The number of hydrogen-bond acceptors (Lipinski definition) is 4. The van der Waals surface area contributed by atoms with E-state index in [0.717, 1.165) is 28.7 Å². The molecular weight excluding hydrogens is 515 g/mol. The second-order valence-electron chi connectivity index (χ2n) is 9.68. The summed E-state index contributed by atoms with van der Waals surface area (Å²) in [5.41, 5.74) is 3.51. The van der Waals surface area contributed by atoms with Crippen LogP contribution in [0.15, 0.2) is 48.5 Å². The fourth-order valence-electron chi connectivity index (χ4n) is 5.30. The Labute approximate surface area is 220 Å². The minimum atomic E-state index is -5.11. The number of amides is 2. The predicted molar refractivity (Wildman–Crippen MR) is 137 cm³/mol. The van der Waals surface area contributed by atoms with Crippen LogP contribution < -0.4 is 5.32 Å². The summed E-state index contributed by atoms with van der Waals surface area (Å²) in [5.74, 6) is -4.40. The van der Waals surface area contributed by atoms with Crippen LogP contribution in [-0.4, -0.2) is 67.2 Å². The highest BCUT2D eigenvalue weighted by Gasteiger charge is 2.42. The highest BCUT2D eigenvalue weighted by molar-refractivity contribution is 5.98. The first kappa shape index (κ1) is 26.3. The van der Waals surface area contributed by atoms with Gasteiger partial charge >= 0.3 is 18.1 Å². The molecule has 12 heteroatoms. The van der Waals surface area contributed by atoms with Crippen molar-refractivity contribution in [1.82, 2.24) is 24.3 Å². The zero-order valence-electron chi connectivity index (χ0n) is 21.2. The van der Waals surface area contributed by atoms with Crippen LogP contribution in [-0.2, 0) is 23.2 Å². The van der Waals surface area contributed by atoms with Gasteiger partial charge in [0.25, 0.3) is 5.91 Å². The molecule has 0 saturated carbocycles. The van der Waals surface area contributed by atoms with E-state index in [2.05, 4.69) is 10.6 Å². The summed E-state index contributed by atoms with van der Waals surface area (Å²) >= 11 is 0. The maximum Gasteiger partial charge on any atom is 0.471 e. The third kappa shape index (κ3) is 4.82. The average molecular weight is 542 g/mol. The molecule has 1 aliphatic heterocycles. The Balaban J connectivity index is 1.46. The molecule has 0 bridgehead atoms. The van der Waals surface area contributed by atoms with Gasteiger partial charge in [-0.1, -0.05) is 18.2 Å². The Hall–Kier alpha value is -4.35. The number of halogens is 3. The molecule has 2 atom stereocenters. The number of carboxylic acid groups (broad SMARTS) is 1. The maximum atomic E-state index is 13.4. The van der Waals surface area contributed by atoms with Crippen LogP contribution in [0.1, 0.15) is 23.7 Å². The summed E-state index contributed by atoms with van der Waals surface area (Å²) in [6.07, 6.45) is -5.33. The zero-order valence-corrected chi connectivity index (χ0v) is 21.2. The molecule has 0 unspecified atom stereocenters. The van der Waals surface area contributed by atoms with Crippen LogP contribution in [0.2, 0.25) is 0 Å². The van der Waals surface area contributed by atoms with Crippen LogP contribution in [0, 0.1) is 5.92 Å². The van der Waals surface area contributed by atoms with Crippen molar-refractivity contribution in [1.29, 1.82) is 0 Å². The number of hydrogen-bond donors (Lipinski definition) is 2. The van der Waals surface area contributed by atoms with E-state index in [1.54, 1.807) is 18.2 Å². The summed E-state index contributed by atoms with van der Waals surface area (Å²) < 4.78 is 42.4. The second-order valence-corrected chi connectivity index (χ2v) is 9.68. The number of carbonyl (C=O) groups excluding carboxylic acids is 2. The second kappa shape index (κ2) is 9.75. The van der Waals surface area contributed by atoms with E-state index >= 15 is 0 Å². The molecule has 2 aromatic heterocycles. The van der Waals surface area contributed by atoms with Gasteiger partial charge in [0.05, 0.1) is 22.6 Å². The van der Waals surface area contributed by atoms with Crippen LogP contribution in [0.3, 0.4) is 0 Å². The van der Waals surface area contributed by atoms with Gasteiger partial charge in [0.15, 0.2) is 5.82 Å². The van der Waals surface area contributed by atoms with E-state index < -0.39 is 35.9 Å². The molecule has 0 spiro atoms. The average Bonchev–Trinajstić information content (AvgIpc) is 3.44. The minimum Gasteiger partial charge on any atom is -0.481 e. The molecule has 0 aliphatic carbocycles. The van der Waals surface area contributed by atoms with Gasteiger partial charge in [0, 0.05) is 49.2 Å². The van der Waals surface area contributed by atoms with Crippen molar-refractivity contribution in [2.24, 2.45) is 13.0 Å². The van der Waals surface area contributed by atoms with Crippen LogP contribution >= 0.6 is 0 Å². The molecule has 0 radical (unpaired) electrons. The largest absolute Gasteiger partial charge is 0.481 e. The molecule has 39 heavy (non-hydrogen) atoms. The van der Waals surface area contributed by atoms with Gasteiger partial charge in [-0.3, -0.25) is 14.4 Å². The lowest BCUT2D eigenvalue weighted by Crippen LogP contribution is -2.55. The number of likely N-dealkylation sites (tertiary alicyclic amines) is 1. The van der Waals surface area contributed by atoms with Crippen molar-refractivity contribution in [2.45, 2.75) is 32.1 Å². The molecule has 2 N–H and O–H groups in total. The monoisotopic (exact) mass is 541 g/mol. The molecule has 1 fully saturated rings. The van der Waals surface area contributed by atoms with Crippen molar-refractivity contribution < 1.29 is 32.7 Å². The number of nitrogens with zero attached hydrogens (tertiary/aromatic N) is 4. The molecule has 1 aliphatic rings. The lowest BCUT2D eigenvalue weighted by molar-refractivity contribution is -0.175. The quantitative estimate of drug-likeness (QED) is 0.400. The summed E-state index contributed by atoms with van der Waals surface area (Å²) in [6.45, 7) is 2.34. The van der Waals surface area contributed by atoms with E-state index in [4.69, 9.17) is 4.98 Å². The van der Waals surface area contributed by atoms with Gasteiger partial charge < -0.3 is 24.5 Å². The molecule has 2 amide bonds. The Morgan fingerprint density at radius 3 is 2.51 bits per heavy atom. The summed E-state index contributed by atoms with van der Waals surface area (Å²) in [5, 5.41) is 12.4. The third-order valence-corrected chi connectivity index (χ3v) is 7.16. The zero-order chi connectivity index (χ0) is 28.1. The van der Waals surface area contributed by atoms with Gasteiger partial charge in [-0.15, -0.1) is 0 Å². The standard InChI is InChI=1S/C27H26F3N5O4/c1-3-35-20-7-5-4-6-15(20)12-22(35)23-32-19-11-16(8-9-21(19)33(23)2)24(36)34-13-17(25(37)38)10-18(14-34)31-26(39)27(28,29)30/h4-9,11-12,17-18H,3,10,13-14H2,1-2H3,(H,31,39)(H,37,38)/t17-,18+/m0/s1. The molecule has 9 nitrogen and oxygen atoms in total. The van der Waals surface area contributed by atoms with Crippen LogP contribution in [0.5, 0.6) is 0 Å². The van der Waals surface area contributed by atoms with E-state index in [-0.39, 0.29) is 25.1 Å². The van der Waals surface area contributed by atoms with Gasteiger partial charge in [0.2, 0.25) is 0 Å². The van der Waals surface area contributed by atoms with Gasteiger partial charge in [-0.05, 0) is 43.7 Å². The number of nitrogens with one attached hydrogen (secondary N) is 1. The molecule has 2 aromatic carbocycles. The number of aromatic nitrogens is 3. The Morgan fingerprint density at radius 2 is 1.82 bits per heavy atom. The highest BCUT2D eigenvalue weighted by atomic mass is 19.4. The van der Waals surface area contributed by atoms with Crippen molar-refractivity contribution in [3.8, 4) is 11.5 Å². The first-order chi connectivity index (χ1) is 18.5. The highest BCUT2D eigenvalue weighted by Crippen LogP contribution is 2.31. The number of aliphatic carboxylic acids is 1. The normalized spacial score (nSPS) is 18.0. The number of carbonyl (C=O) groups is 3. The number of imidazole rings is 1. The van der Waals surface area contributed by atoms with Gasteiger partial charge in [-0.25, -0.2) is 4.98 Å². The number of para-hydroxylation sites is 1. The smallest absolute Gasteiger partial charge is 0.471 e. The van der Waals surface area contributed by atoms with E-state index in [0.29, 0.717) is 11.3 Å². The molecule has 3 heterocycles. The third-order valence-electron chi connectivity index (χ3n) is 7.16. The number of piperidine rings is 1. The van der Waals surface area contributed by atoms with Crippen molar-refractivity contribution >= 4 is 39.7 Å². The molecule has 1 saturated heterocycles.